The summed E-state index contributed by atoms with van der Waals surface area (Å²) in [6.45, 7) is 4.77. The molecule has 0 radical (unpaired) electrons. The van der Waals surface area contributed by atoms with Crippen LogP contribution in [0.15, 0.2) is 0 Å². The molecule has 0 saturated carbocycles. The smallest absolute Gasteiger partial charge is 0.327 e. The predicted octanol–water partition coefficient (Wildman–Crippen LogP) is 0.357. The maximum atomic E-state index is 12.1. The highest BCUT2D eigenvalue weighted by atomic mass is 16.4. The number of aliphatic carboxylic acids is 1. The minimum atomic E-state index is -1.10. The van der Waals surface area contributed by atoms with Crippen molar-refractivity contribution in [3.05, 3.63) is 0 Å². The van der Waals surface area contributed by atoms with E-state index in [2.05, 4.69) is 16.6 Å². The highest BCUT2D eigenvalue weighted by molar-refractivity contribution is 5.87. The molecule has 2 unspecified atom stereocenters. The molecular formula is C13H20N2O3. The predicted molar refractivity (Wildman–Crippen MR) is 67.8 cm³/mol. The summed E-state index contributed by atoms with van der Waals surface area (Å²) < 4.78 is 0. The molecule has 18 heavy (non-hydrogen) atoms. The van der Waals surface area contributed by atoms with Crippen LogP contribution in [-0.2, 0) is 9.59 Å². The fourth-order valence-electron chi connectivity index (χ4n) is 2.23. The van der Waals surface area contributed by atoms with Crippen LogP contribution >= 0.6 is 0 Å². The van der Waals surface area contributed by atoms with Crippen molar-refractivity contribution in [2.75, 3.05) is 6.54 Å². The van der Waals surface area contributed by atoms with Gasteiger partial charge < -0.3 is 15.7 Å². The third kappa shape index (κ3) is 3.47. The number of piperidine rings is 1. The van der Waals surface area contributed by atoms with Crippen LogP contribution in [0.1, 0.15) is 33.1 Å². The van der Waals surface area contributed by atoms with E-state index in [1.807, 2.05) is 13.8 Å². The maximum Gasteiger partial charge on any atom is 0.327 e. The molecule has 2 atom stereocenters. The van der Waals surface area contributed by atoms with Gasteiger partial charge in [0.25, 0.3) is 0 Å². The van der Waals surface area contributed by atoms with Gasteiger partial charge in [0.2, 0.25) is 5.91 Å². The van der Waals surface area contributed by atoms with Crippen LogP contribution in [0.4, 0.5) is 0 Å². The van der Waals surface area contributed by atoms with Crippen molar-refractivity contribution in [2.24, 2.45) is 5.41 Å². The van der Waals surface area contributed by atoms with Crippen molar-refractivity contribution in [2.45, 2.75) is 45.2 Å². The molecule has 1 saturated heterocycles. The Morgan fingerprint density at radius 2 is 2.28 bits per heavy atom. The van der Waals surface area contributed by atoms with Crippen molar-refractivity contribution < 1.29 is 14.7 Å². The topological polar surface area (TPSA) is 78.4 Å². The maximum absolute atomic E-state index is 12.1. The van der Waals surface area contributed by atoms with Crippen LogP contribution < -0.4 is 10.6 Å². The molecule has 1 aliphatic heterocycles. The number of carbonyl (C=O) groups is 2. The molecule has 1 aliphatic rings. The van der Waals surface area contributed by atoms with E-state index in [1.54, 1.807) is 0 Å². The molecule has 1 rings (SSSR count). The summed E-state index contributed by atoms with van der Waals surface area (Å²) in [5.74, 6) is 0.871. The molecule has 0 spiro atoms. The first-order valence-electron chi connectivity index (χ1n) is 6.08. The Morgan fingerprint density at radius 1 is 1.61 bits per heavy atom. The number of hydrogen-bond donors (Lipinski definition) is 3. The third-order valence-corrected chi connectivity index (χ3v) is 3.33. The summed E-state index contributed by atoms with van der Waals surface area (Å²) >= 11 is 0. The highest BCUT2D eigenvalue weighted by Gasteiger charge is 2.38. The number of carboxylic acids is 1. The molecule has 0 aliphatic carbocycles. The van der Waals surface area contributed by atoms with E-state index in [9.17, 15) is 9.59 Å². The number of carbonyl (C=O) groups excluding carboxylic acids is 1. The fourth-order valence-corrected chi connectivity index (χ4v) is 2.23. The van der Waals surface area contributed by atoms with Gasteiger partial charge in [0.1, 0.15) is 6.04 Å². The van der Waals surface area contributed by atoms with Crippen molar-refractivity contribution in [1.82, 2.24) is 10.6 Å². The third-order valence-electron chi connectivity index (χ3n) is 3.33. The Kier molecular flexibility index (Phi) is 4.74. The van der Waals surface area contributed by atoms with Crippen molar-refractivity contribution in [1.29, 1.82) is 0 Å². The van der Waals surface area contributed by atoms with Crippen molar-refractivity contribution in [3.63, 3.8) is 0 Å². The molecule has 1 amide bonds. The van der Waals surface area contributed by atoms with Crippen LogP contribution in [0, 0.1) is 17.8 Å². The van der Waals surface area contributed by atoms with Gasteiger partial charge in [0.05, 0.1) is 6.04 Å². The number of nitrogens with one attached hydrogen (secondary N) is 2. The van der Waals surface area contributed by atoms with E-state index >= 15 is 0 Å². The van der Waals surface area contributed by atoms with Crippen LogP contribution in [0.3, 0.4) is 0 Å². The molecule has 5 heteroatoms. The number of hydrogen-bond acceptors (Lipinski definition) is 3. The SMILES string of the molecule is C#CCC(NC(=O)C1NCCCC1(C)C)C(=O)O. The molecule has 5 nitrogen and oxygen atoms in total. The van der Waals surface area contributed by atoms with E-state index in [0.29, 0.717) is 0 Å². The second-order valence-corrected chi connectivity index (χ2v) is 5.29. The zero-order valence-corrected chi connectivity index (χ0v) is 10.8. The summed E-state index contributed by atoms with van der Waals surface area (Å²) in [5, 5.41) is 14.6. The molecule has 0 bridgehead atoms. The van der Waals surface area contributed by atoms with Crippen molar-refractivity contribution in [3.8, 4) is 12.3 Å². The number of terminal acetylenes is 1. The number of amides is 1. The van der Waals surface area contributed by atoms with Crippen molar-refractivity contribution >= 4 is 11.9 Å². The lowest BCUT2D eigenvalue weighted by molar-refractivity contribution is -0.142. The van der Waals surface area contributed by atoms with E-state index in [0.717, 1.165) is 19.4 Å². The standard InChI is InChI=1S/C13H20N2O3/c1-4-6-9(12(17)18)15-11(16)10-13(2,3)7-5-8-14-10/h1,9-10,14H,5-8H2,2-3H3,(H,15,16)(H,17,18). The Bertz CT molecular complexity index is 371. The van der Waals surface area contributed by atoms with Crippen LogP contribution in [0.2, 0.25) is 0 Å². The van der Waals surface area contributed by atoms with Gasteiger partial charge in [0, 0.05) is 6.42 Å². The van der Waals surface area contributed by atoms with Gasteiger partial charge in [-0.2, -0.15) is 0 Å². The fraction of sp³-hybridized carbons (Fsp3) is 0.692. The van der Waals surface area contributed by atoms with Gasteiger partial charge in [-0.3, -0.25) is 4.79 Å². The summed E-state index contributed by atoms with van der Waals surface area (Å²) in [7, 11) is 0. The first-order chi connectivity index (χ1) is 8.38. The lowest BCUT2D eigenvalue weighted by Crippen LogP contribution is -2.58. The van der Waals surface area contributed by atoms with Gasteiger partial charge in [-0.05, 0) is 24.8 Å². The zero-order valence-electron chi connectivity index (χ0n) is 10.8. The van der Waals surface area contributed by atoms with Gasteiger partial charge in [-0.25, -0.2) is 4.79 Å². The highest BCUT2D eigenvalue weighted by Crippen LogP contribution is 2.30. The Morgan fingerprint density at radius 3 is 2.78 bits per heavy atom. The average molecular weight is 252 g/mol. The molecule has 3 N–H and O–H groups in total. The van der Waals surface area contributed by atoms with Gasteiger partial charge in [-0.1, -0.05) is 13.8 Å². The average Bonchev–Trinajstić information content (AvgIpc) is 2.27. The quantitative estimate of drug-likeness (QED) is 0.631. The molecule has 0 aromatic carbocycles. The lowest BCUT2D eigenvalue weighted by atomic mass is 9.77. The lowest BCUT2D eigenvalue weighted by Gasteiger charge is -2.38. The number of rotatable bonds is 4. The van der Waals surface area contributed by atoms with Gasteiger partial charge >= 0.3 is 5.97 Å². The normalized spacial score (nSPS) is 23.7. The van der Waals surface area contributed by atoms with Crippen LogP contribution in [0.25, 0.3) is 0 Å². The second-order valence-electron chi connectivity index (χ2n) is 5.29. The van der Waals surface area contributed by atoms with Gasteiger partial charge in [0.15, 0.2) is 0 Å². The summed E-state index contributed by atoms with van der Waals surface area (Å²) in [4.78, 5) is 23.0. The summed E-state index contributed by atoms with van der Waals surface area (Å²) in [5.41, 5.74) is -0.179. The second kappa shape index (κ2) is 5.87. The monoisotopic (exact) mass is 252 g/mol. The Hall–Kier alpha value is -1.54. The Labute approximate surface area is 107 Å². The first-order valence-corrected chi connectivity index (χ1v) is 6.08. The largest absolute Gasteiger partial charge is 0.480 e. The minimum Gasteiger partial charge on any atom is -0.480 e. The van der Waals surface area contributed by atoms with E-state index in [-0.39, 0.29) is 23.8 Å². The molecule has 1 heterocycles. The molecular weight excluding hydrogens is 232 g/mol. The zero-order chi connectivity index (χ0) is 13.8. The first kappa shape index (κ1) is 14.5. The molecule has 0 aromatic rings. The van der Waals surface area contributed by atoms with Crippen LogP contribution in [0.5, 0.6) is 0 Å². The molecule has 100 valence electrons. The minimum absolute atomic E-state index is 0.00573. The molecule has 0 aromatic heterocycles. The van der Waals surface area contributed by atoms with E-state index in [4.69, 9.17) is 11.5 Å². The molecule has 1 fully saturated rings. The van der Waals surface area contributed by atoms with Gasteiger partial charge in [-0.15, -0.1) is 12.3 Å². The Balaban J connectivity index is 2.69. The van der Waals surface area contributed by atoms with E-state index in [1.165, 1.54) is 0 Å². The van der Waals surface area contributed by atoms with Crippen LogP contribution in [-0.4, -0.2) is 35.6 Å². The number of carboxylic acid groups (broad SMARTS) is 1. The van der Waals surface area contributed by atoms with E-state index < -0.39 is 12.0 Å². The summed E-state index contributed by atoms with van der Waals surface area (Å²) in [6.07, 6.45) is 7.04. The summed E-state index contributed by atoms with van der Waals surface area (Å²) in [6, 6.07) is -1.38.